The molecule has 1 N–H and O–H groups in total. The third-order valence-electron chi connectivity index (χ3n) is 3.08. The minimum absolute atomic E-state index is 0.286. The first-order chi connectivity index (χ1) is 10.7. The Morgan fingerprint density at radius 1 is 1.36 bits per heavy atom. The van der Waals surface area contributed by atoms with Gasteiger partial charge in [0.25, 0.3) is 5.91 Å². The van der Waals surface area contributed by atoms with Gasteiger partial charge in [-0.25, -0.2) is 0 Å². The zero-order valence-electron chi connectivity index (χ0n) is 12.0. The molecule has 0 bridgehead atoms. The number of benzene rings is 1. The number of carbonyl (C=O) groups excluding carboxylic acids is 1. The molecule has 1 aromatic carbocycles. The van der Waals surface area contributed by atoms with Gasteiger partial charge >= 0.3 is 0 Å². The topological polar surface area (TPSA) is 81.9 Å². The highest BCUT2D eigenvalue weighted by atomic mass is 32.1. The summed E-state index contributed by atoms with van der Waals surface area (Å²) in [5, 5.41) is 12.5. The van der Waals surface area contributed by atoms with Crippen molar-refractivity contribution >= 4 is 23.3 Å². The molecule has 0 fully saturated rings. The van der Waals surface area contributed by atoms with E-state index in [9.17, 15) is 4.79 Å². The number of aryl methyl sites for hydroxylation is 1. The van der Waals surface area contributed by atoms with E-state index >= 15 is 0 Å². The summed E-state index contributed by atoms with van der Waals surface area (Å²) >= 11 is 1.13. The molecule has 0 spiro atoms. The molecule has 8 heteroatoms. The molecule has 22 heavy (non-hydrogen) atoms. The van der Waals surface area contributed by atoms with Crippen LogP contribution in [0.15, 0.2) is 35.7 Å². The lowest BCUT2D eigenvalue weighted by Gasteiger charge is -2.01. The van der Waals surface area contributed by atoms with E-state index in [0.29, 0.717) is 5.82 Å². The SMILES string of the molecule is COc1cccc(-c2cc(NC(=O)c3csnn3)n(C)n2)c1. The van der Waals surface area contributed by atoms with Gasteiger partial charge < -0.3 is 10.1 Å². The van der Waals surface area contributed by atoms with Crippen LogP contribution in [0.5, 0.6) is 5.75 Å². The van der Waals surface area contributed by atoms with Crippen molar-refractivity contribution < 1.29 is 9.53 Å². The molecule has 0 aliphatic carbocycles. The van der Waals surface area contributed by atoms with Crippen LogP contribution in [0.3, 0.4) is 0 Å². The minimum atomic E-state index is -0.311. The first-order valence-corrected chi connectivity index (χ1v) is 7.28. The van der Waals surface area contributed by atoms with Crippen molar-refractivity contribution in [3.8, 4) is 17.0 Å². The number of methoxy groups -OCH3 is 1. The van der Waals surface area contributed by atoms with Gasteiger partial charge in [-0.05, 0) is 23.7 Å². The van der Waals surface area contributed by atoms with E-state index in [1.165, 1.54) is 0 Å². The molecule has 0 saturated heterocycles. The van der Waals surface area contributed by atoms with E-state index in [1.807, 2.05) is 24.3 Å². The molecular formula is C14H13N5O2S. The van der Waals surface area contributed by atoms with Crippen molar-refractivity contribution in [2.45, 2.75) is 0 Å². The zero-order valence-corrected chi connectivity index (χ0v) is 12.8. The quantitative estimate of drug-likeness (QED) is 0.798. The molecule has 3 rings (SSSR count). The van der Waals surface area contributed by atoms with Crippen molar-refractivity contribution in [2.75, 3.05) is 12.4 Å². The van der Waals surface area contributed by atoms with Gasteiger partial charge in [0.05, 0.1) is 12.8 Å². The van der Waals surface area contributed by atoms with Crippen LogP contribution in [-0.4, -0.2) is 32.4 Å². The number of rotatable bonds is 4. The number of carbonyl (C=O) groups is 1. The highest BCUT2D eigenvalue weighted by molar-refractivity contribution is 7.03. The molecule has 0 radical (unpaired) electrons. The summed E-state index contributed by atoms with van der Waals surface area (Å²) in [5.41, 5.74) is 1.94. The number of anilines is 1. The first kappa shape index (κ1) is 14.2. The van der Waals surface area contributed by atoms with Crippen LogP contribution >= 0.6 is 11.5 Å². The van der Waals surface area contributed by atoms with E-state index in [4.69, 9.17) is 4.74 Å². The second-order valence-corrected chi connectivity index (χ2v) is 5.12. The van der Waals surface area contributed by atoms with Crippen LogP contribution in [0, 0.1) is 0 Å². The van der Waals surface area contributed by atoms with Gasteiger partial charge in [-0.15, -0.1) is 5.10 Å². The molecule has 0 atom stereocenters. The smallest absolute Gasteiger partial charge is 0.278 e. The van der Waals surface area contributed by atoms with Gasteiger partial charge in [-0.1, -0.05) is 16.6 Å². The van der Waals surface area contributed by atoms with E-state index in [0.717, 1.165) is 28.5 Å². The lowest BCUT2D eigenvalue weighted by molar-refractivity contribution is 0.102. The Hall–Kier alpha value is -2.74. The molecular weight excluding hydrogens is 302 g/mol. The summed E-state index contributed by atoms with van der Waals surface area (Å²) in [6.45, 7) is 0. The predicted octanol–water partition coefficient (Wildman–Crippen LogP) is 2.20. The number of hydrogen-bond donors (Lipinski definition) is 1. The van der Waals surface area contributed by atoms with Crippen molar-refractivity contribution in [3.05, 3.63) is 41.4 Å². The van der Waals surface area contributed by atoms with Crippen LogP contribution < -0.4 is 10.1 Å². The predicted molar refractivity (Wildman–Crippen MR) is 83.1 cm³/mol. The third kappa shape index (κ3) is 2.82. The third-order valence-corrected chi connectivity index (χ3v) is 3.58. The number of ether oxygens (including phenoxy) is 1. The lowest BCUT2D eigenvalue weighted by atomic mass is 10.1. The summed E-state index contributed by atoms with van der Waals surface area (Å²) in [6.07, 6.45) is 0. The van der Waals surface area contributed by atoms with Crippen LogP contribution in [0.4, 0.5) is 5.82 Å². The van der Waals surface area contributed by atoms with Crippen molar-refractivity contribution in [1.29, 1.82) is 0 Å². The molecule has 2 aromatic heterocycles. The molecule has 2 heterocycles. The first-order valence-electron chi connectivity index (χ1n) is 6.44. The van der Waals surface area contributed by atoms with Gasteiger partial charge in [-0.2, -0.15) is 5.10 Å². The summed E-state index contributed by atoms with van der Waals surface area (Å²) in [7, 11) is 3.38. The van der Waals surface area contributed by atoms with Gasteiger partial charge in [0.2, 0.25) is 0 Å². The van der Waals surface area contributed by atoms with Crippen LogP contribution in [0.2, 0.25) is 0 Å². The van der Waals surface area contributed by atoms with E-state index < -0.39 is 0 Å². The maximum absolute atomic E-state index is 12.0. The fourth-order valence-electron chi connectivity index (χ4n) is 1.95. The van der Waals surface area contributed by atoms with Crippen LogP contribution in [-0.2, 0) is 7.05 Å². The fourth-order valence-corrected chi connectivity index (χ4v) is 2.39. The number of nitrogens with zero attached hydrogens (tertiary/aromatic N) is 4. The van der Waals surface area contributed by atoms with Crippen molar-refractivity contribution in [2.24, 2.45) is 7.05 Å². The van der Waals surface area contributed by atoms with E-state index in [-0.39, 0.29) is 11.6 Å². The number of amides is 1. The summed E-state index contributed by atoms with van der Waals surface area (Å²) in [4.78, 5) is 12.0. The van der Waals surface area contributed by atoms with Crippen LogP contribution in [0.1, 0.15) is 10.5 Å². The molecule has 0 saturated carbocycles. The number of nitrogens with one attached hydrogen (secondary N) is 1. The van der Waals surface area contributed by atoms with Crippen LogP contribution in [0.25, 0.3) is 11.3 Å². The Morgan fingerprint density at radius 3 is 2.95 bits per heavy atom. The Balaban J connectivity index is 1.86. The Labute approximate surface area is 130 Å². The van der Waals surface area contributed by atoms with Gasteiger partial charge in [0.1, 0.15) is 11.6 Å². The van der Waals surface area contributed by atoms with Crippen molar-refractivity contribution in [1.82, 2.24) is 19.4 Å². The molecule has 7 nitrogen and oxygen atoms in total. The maximum atomic E-state index is 12.0. The molecule has 0 aliphatic rings. The van der Waals surface area contributed by atoms with Gasteiger partial charge in [0.15, 0.2) is 5.69 Å². The van der Waals surface area contributed by atoms with E-state index in [1.54, 1.807) is 30.3 Å². The molecule has 1 amide bonds. The monoisotopic (exact) mass is 315 g/mol. The molecule has 112 valence electrons. The molecule has 0 unspecified atom stereocenters. The molecule has 0 aliphatic heterocycles. The average molecular weight is 315 g/mol. The number of aromatic nitrogens is 4. The summed E-state index contributed by atoms with van der Waals surface area (Å²) in [5.74, 6) is 1.02. The average Bonchev–Trinajstić information content (AvgIpc) is 3.18. The normalized spacial score (nSPS) is 10.5. The summed E-state index contributed by atoms with van der Waals surface area (Å²) < 4.78 is 10.5. The Morgan fingerprint density at radius 2 is 2.23 bits per heavy atom. The maximum Gasteiger partial charge on any atom is 0.278 e. The van der Waals surface area contributed by atoms with E-state index in [2.05, 4.69) is 20.0 Å². The second kappa shape index (κ2) is 5.94. The second-order valence-electron chi connectivity index (χ2n) is 4.51. The fraction of sp³-hybridized carbons (Fsp3) is 0.143. The van der Waals surface area contributed by atoms with Gasteiger partial charge in [-0.3, -0.25) is 9.48 Å². The minimum Gasteiger partial charge on any atom is -0.497 e. The van der Waals surface area contributed by atoms with Gasteiger partial charge in [0, 0.05) is 24.1 Å². The van der Waals surface area contributed by atoms with Crippen molar-refractivity contribution in [3.63, 3.8) is 0 Å². The highest BCUT2D eigenvalue weighted by Gasteiger charge is 2.13. The summed E-state index contributed by atoms with van der Waals surface area (Å²) in [6, 6.07) is 9.37. The highest BCUT2D eigenvalue weighted by Crippen LogP contribution is 2.25. The zero-order chi connectivity index (χ0) is 15.5. The lowest BCUT2D eigenvalue weighted by Crippen LogP contribution is -2.14. The number of hydrogen-bond acceptors (Lipinski definition) is 6. The largest absolute Gasteiger partial charge is 0.497 e. The molecule has 3 aromatic rings. The Bertz CT molecular complexity index is 797. The standard InChI is InChI=1S/C14H13N5O2S/c1-19-13(15-14(20)12-8-22-18-16-12)7-11(17-19)9-4-3-5-10(6-9)21-2/h3-8H,1-2H3,(H,15,20). The Kier molecular flexibility index (Phi) is 3.84.